The molecule has 0 unspecified atom stereocenters. The summed E-state index contributed by atoms with van der Waals surface area (Å²) in [6, 6.07) is 13.9. The maximum Gasteiger partial charge on any atom is 0.295 e. The topological polar surface area (TPSA) is 57.6 Å². The third-order valence-corrected chi connectivity index (χ3v) is 8.06. The van der Waals surface area contributed by atoms with Gasteiger partial charge in [0, 0.05) is 17.1 Å². The van der Waals surface area contributed by atoms with Crippen molar-refractivity contribution in [2.75, 3.05) is 6.54 Å². The monoisotopic (exact) mass is 551 g/mol. The fourth-order valence-corrected chi connectivity index (χ4v) is 5.57. The summed E-state index contributed by atoms with van der Waals surface area (Å²) in [5, 5.41) is 11.7. The molecule has 1 atom stereocenters. The van der Waals surface area contributed by atoms with E-state index in [1.54, 1.807) is 29.2 Å². The van der Waals surface area contributed by atoms with E-state index in [4.69, 9.17) is 11.6 Å². The Morgan fingerprint density at radius 1 is 0.744 bits per heavy atom. The van der Waals surface area contributed by atoms with Gasteiger partial charge in [-0.15, -0.1) is 0 Å². The minimum absolute atomic E-state index is 0.150. The first-order valence-electron chi connectivity index (χ1n) is 15.0. The molecule has 0 bridgehead atoms. The van der Waals surface area contributed by atoms with Crippen LogP contribution < -0.4 is 0 Å². The first kappa shape index (κ1) is 30.9. The number of aryl methyl sites for hydroxylation is 1. The molecule has 1 saturated heterocycles. The molecule has 0 spiro atoms. The van der Waals surface area contributed by atoms with E-state index in [1.165, 1.54) is 70.6 Å². The first-order chi connectivity index (χ1) is 18.9. The molecule has 4 nitrogen and oxygen atoms in total. The zero-order chi connectivity index (χ0) is 28.0. The molecule has 5 heteroatoms. The molecule has 3 rings (SSSR count). The zero-order valence-electron chi connectivity index (χ0n) is 23.9. The van der Waals surface area contributed by atoms with Gasteiger partial charge in [0.15, 0.2) is 0 Å². The molecule has 1 heterocycles. The highest BCUT2D eigenvalue weighted by Gasteiger charge is 2.45. The van der Waals surface area contributed by atoms with E-state index >= 15 is 0 Å². The Hall–Kier alpha value is -2.59. The Morgan fingerprint density at radius 3 is 1.74 bits per heavy atom. The molecule has 212 valence electrons. The highest BCUT2D eigenvalue weighted by molar-refractivity contribution is 6.46. The average molecular weight is 552 g/mol. The lowest BCUT2D eigenvalue weighted by molar-refractivity contribution is -0.139. The van der Waals surface area contributed by atoms with Crippen LogP contribution in [0.5, 0.6) is 0 Å². The van der Waals surface area contributed by atoms with Crippen molar-refractivity contribution in [1.29, 1.82) is 0 Å². The molecule has 39 heavy (non-hydrogen) atoms. The van der Waals surface area contributed by atoms with E-state index in [2.05, 4.69) is 6.92 Å². The third-order valence-electron chi connectivity index (χ3n) is 7.80. The number of halogens is 1. The summed E-state index contributed by atoms with van der Waals surface area (Å²) in [4.78, 5) is 27.9. The van der Waals surface area contributed by atoms with E-state index < -0.39 is 17.7 Å². The number of rotatable bonds is 17. The van der Waals surface area contributed by atoms with Crippen molar-refractivity contribution in [2.45, 2.75) is 110 Å². The minimum atomic E-state index is -0.626. The van der Waals surface area contributed by atoms with E-state index in [1.807, 2.05) is 31.2 Å². The number of aliphatic hydroxyl groups excluding tert-OH is 1. The van der Waals surface area contributed by atoms with E-state index in [9.17, 15) is 14.7 Å². The Labute approximate surface area is 240 Å². The highest BCUT2D eigenvalue weighted by atomic mass is 35.5. The van der Waals surface area contributed by atoms with Crippen LogP contribution in [0, 0.1) is 6.92 Å². The van der Waals surface area contributed by atoms with Gasteiger partial charge < -0.3 is 10.0 Å². The van der Waals surface area contributed by atoms with Gasteiger partial charge in [-0.05, 0) is 43.2 Å². The number of hydrogen-bond donors (Lipinski definition) is 1. The Balaban J connectivity index is 1.52. The van der Waals surface area contributed by atoms with Crippen molar-refractivity contribution in [1.82, 2.24) is 4.90 Å². The van der Waals surface area contributed by atoms with Crippen LogP contribution >= 0.6 is 11.6 Å². The van der Waals surface area contributed by atoms with Gasteiger partial charge in [0.1, 0.15) is 5.76 Å². The largest absolute Gasteiger partial charge is 0.507 e. The van der Waals surface area contributed by atoms with E-state index in [-0.39, 0.29) is 11.3 Å². The van der Waals surface area contributed by atoms with Crippen molar-refractivity contribution in [3.05, 3.63) is 75.8 Å². The Kier molecular flexibility index (Phi) is 13.1. The van der Waals surface area contributed by atoms with Crippen molar-refractivity contribution in [2.24, 2.45) is 0 Å². The zero-order valence-corrected chi connectivity index (χ0v) is 24.6. The smallest absolute Gasteiger partial charge is 0.295 e. The molecule has 2 aromatic rings. The average Bonchev–Trinajstić information content (AvgIpc) is 3.18. The Morgan fingerprint density at radius 2 is 1.23 bits per heavy atom. The second-order valence-electron chi connectivity index (χ2n) is 11.0. The van der Waals surface area contributed by atoms with Gasteiger partial charge in [0.2, 0.25) is 0 Å². The lowest BCUT2D eigenvalue weighted by atomic mass is 9.94. The summed E-state index contributed by atoms with van der Waals surface area (Å²) < 4.78 is 0. The number of carbonyl (C=O) groups excluding carboxylic acids is 2. The second-order valence-corrected chi connectivity index (χ2v) is 11.4. The van der Waals surface area contributed by atoms with Crippen LogP contribution in [-0.4, -0.2) is 28.2 Å². The fourth-order valence-electron chi connectivity index (χ4n) is 5.45. The summed E-state index contributed by atoms with van der Waals surface area (Å²) in [6.45, 7) is 4.76. The molecule has 1 aliphatic heterocycles. The molecule has 1 aliphatic rings. The maximum atomic E-state index is 13.2. The molecule has 1 fully saturated rings. The van der Waals surface area contributed by atoms with Crippen LogP contribution in [0.4, 0.5) is 0 Å². The number of Topliss-reactive ketones (excluding diaryl/α,β-unsaturated/α-hetero) is 1. The number of nitrogens with zero attached hydrogens (tertiary/aromatic N) is 1. The van der Waals surface area contributed by atoms with Crippen molar-refractivity contribution in [3.8, 4) is 0 Å². The quantitative estimate of drug-likeness (QED) is 0.0921. The molecule has 1 N–H and O–H groups in total. The van der Waals surface area contributed by atoms with Gasteiger partial charge in [0.25, 0.3) is 11.7 Å². The number of carbonyl (C=O) groups is 2. The summed E-state index contributed by atoms with van der Waals surface area (Å²) >= 11 is 6.01. The molecular weight excluding hydrogens is 506 g/mol. The van der Waals surface area contributed by atoms with Gasteiger partial charge >= 0.3 is 0 Å². The SMILES string of the molecule is CCCCCCCCCCCCCCCCN1C(=O)C(=O)/C(=C(/O)c2ccc(Cl)cc2)[C@@H]1c1ccc(C)cc1. The van der Waals surface area contributed by atoms with Crippen LogP contribution in [0.3, 0.4) is 0 Å². The summed E-state index contributed by atoms with van der Waals surface area (Å²) in [7, 11) is 0. The number of ketones is 1. The third kappa shape index (κ3) is 9.24. The minimum Gasteiger partial charge on any atom is -0.507 e. The lowest BCUT2D eigenvalue weighted by Gasteiger charge is -2.25. The van der Waals surface area contributed by atoms with E-state index in [0.29, 0.717) is 17.1 Å². The van der Waals surface area contributed by atoms with Gasteiger partial charge in [-0.2, -0.15) is 0 Å². The van der Waals surface area contributed by atoms with Crippen molar-refractivity contribution < 1.29 is 14.7 Å². The van der Waals surface area contributed by atoms with Crippen LogP contribution in [-0.2, 0) is 9.59 Å². The summed E-state index contributed by atoms with van der Waals surface area (Å²) in [5.41, 5.74) is 2.56. The number of unbranched alkanes of at least 4 members (excludes halogenated alkanes) is 13. The van der Waals surface area contributed by atoms with Gasteiger partial charge in [-0.25, -0.2) is 0 Å². The number of amides is 1. The van der Waals surface area contributed by atoms with E-state index in [0.717, 1.165) is 30.4 Å². The van der Waals surface area contributed by atoms with Crippen molar-refractivity contribution >= 4 is 29.1 Å². The van der Waals surface area contributed by atoms with Gasteiger partial charge in [-0.1, -0.05) is 132 Å². The number of benzene rings is 2. The van der Waals surface area contributed by atoms with Crippen LogP contribution in [0.1, 0.15) is 120 Å². The first-order valence-corrected chi connectivity index (χ1v) is 15.4. The van der Waals surface area contributed by atoms with Gasteiger partial charge in [-0.3, -0.25) is 9.59 Å². The lowest BCUT2D eigenvalue weighted by Crippen LogP contribution is -2.30. The maximum absolute atomic E-state index is 13.2. The van der Waals surface area contributed by atoms with Crippen LogP contribution in [0.15, 0.2) is 54.1 Å². The van der Waals surface area contributed by atoms with Crippen LogP contribution in [0.25, 0.3) is 5.76 Å². The van der Waals surface area contributed by atoms with Gasteiger partial charge in [0.05, 0.1) is 11.6 Å². The molecule has 0 saturated carbocycles. The summed E-state index contributed by atoms with van der Waals surface area (Å²) in [5.74, 6) is -1.32. The second kappa shape index (κ2) is 16.5. The molecule has 0 aromatic heterocycles. The van der Waals surface area contributed by atoms with Crippen molar-refractivity contribution in [3.63, 3.8) is 0 Å². The normalized spacial score (nSPS) is 16.8. The molecule has 2 aromatic carbocycles. The Bertz CT molecular complexity index is 1070. The fraction of sp³-hybridized carbons (Fsp3) is 0.529. The molecular formula is C34H46ClNO3. The van der Waals surface area contributed by atoms with Crippen LogP contribution in [0.2, 0.25) is 5.02 Å². The summed E-state index contributed by atoms with van der Waals surface area (Å²) in [6.07, 6.45) is 17.7. The molecule has 0 radical (unpaired) electrons. The molecule has 1 amide bonds. The number of likely N-dealkylation sites (tertiary alicyclic amines) is 1. The predicted molar refractivity (Wildman–Crippen MR) is 162 cm³/mol. The molecule has 0 aliphatic carbocycles. The number of aliphatic hydroxyl groups is 1. The standard InChI is InChI=1S/C34H46ClNO3/c1-3-4-5-6-7-8-9-10-11-12-13-14-15-16-25-36-31(27-19-17-26(2)18-20-27)30(33(38)34(36)39)32(37)28-21-23-29(35)24-22-28/h17-24,31,37H,3-16,25H2,1-2H3/b32-30+/t31-/m0/s1. The number of hydrogen-bond acceptors (Lipinski definition) is 3. The highest BCUT2D eigenvalue weighted by Crippen LogP contribution is 2.39. The predicted octanol–water partition coefficient (Wildman–Crippen LogP) is 9.55.